The summed E-state index contributed by atoms with van der Waals surface area (Å²) < 4.78 is 63.0. The van der Waals surface area contributed by atoms with E-state index in [0.29, 0.717) is 82.3 Å². The molecule has 0 radical (unpaired) electrons. The molecule has 0 bridgehead atoms. The van der Waals surface area contributed by atoms with Gasteiger partial charge in [0.1, 0.15) is 23.2 Å². The molecular weight excluding hydrogens is 1110 g/mol. The minimum absolute atomic E-state index is 0. The third-order valence-corrected chi connectivity index (χ3v) is 13.6. The molecule has 2 fully saturated rings. The molecule has 6 N–H and O–H groups in total. The van der Waals surface area contributed by atoms with Gasteiger partial charge in [0.2, 0.25) is 0 Å². The Morgan fingerprint density at radius 1 is 0.605 bits per heavy atom. The van der Waals surface area contributed by atoms with Gasteiger partial charge in [-0.25, -0.2) is 32.3 Å². The van der Waals surface area contributed by atoms with Crippen molar-refractivity contribution < 1.29 is 50.7 Å². The lowest BCUT2D eigenvalue weighted by molar-refractivity contribution is -0.115. The maximum Gasteiger partial charge on any atom is 0.335 e. The van der Waals surface area contributed by atoms with Gasteiger partial charge in [0, 0.05) is 106 Å². The third-order valence-electron chi connectivity index (χ3n) is 13.1. The fraction of sp³-hybridized carbons (Fsp3) is 0.246. The highest BCUT2D eigenvalue weighted by Gasteiger charge is 2.36. The Hall–Kier alpha value is -7.83. The molecule has 1 amide bonds. The van der Waals surface area contributed by atoms with Crippen LogP contribution < -0.4 is 16.8 Å². The van der Waals surface area contributed by atoms with Crippen LogP contribution in [0.15, 0.2) is 143 Å². The number of aryl methyl sites for hydroxylation is 2. The zero-order valence-electron chi connectivity index (χ0n) is 42.9. The number of rotatable bonds is 14. The molecule has 0 aliphatic carbocycles. The van der Waals surface area contributed by atoms with E-state index in [0.717, 1.165) is 44.2 Å². The molecule has 8 aromatic rings. The highest BCUT2D eigenvalue weighted by Crippen LogP contribution is 2.36. The molecular formula is C61H59Cl3F4N6O7. The zero-order valence-corrected chi connectivity index (χ0v) is 45.2. The number of amides is 1. The van der Waals surface area contributed by atoms with E-state index in [1.807, 2.05) is 36.4 Å². The van der Waals surface area contributed by atoms with Crippen molar-refractivity contribution in [1.82, 2.24) is 20.2 Å². The molecule has 6 heterocycles. The number of aromatic nitrogens is 2. The SMILES string of the molecule is C.Cl.FC1(F)CCNCC1.Nc1ccc(/C=C/C(=O)CCc2cc3cc(-c4ccc(C(=O)N5CCC(F)(F)CC5)cc4)cc(Cl)c3o2)cn1.Nc1ccc(/C=C/C(=O)CCc2cc3cc(-c4ccc(C(=O)O)cc4)cc(Cl)c3o2)cn1. The van der Waals surface area contributed by atoms with E-state index in [1.54, 1.807) is 97.3 Å². The van der Waals surface area contributed by atoms with Gasteiger partial charge >= 0.3 is 5.97 Å². The number of hydrogen-bond acceptors (Lipinski definition) is 11. The van der Waals surface area contributed by atoms with Crippen LogP contribution in [0.1, 0.15) is 89.3 Å². The van der Waals surface area contributed by atoms with Crippen molar-refractivity contribution in [1.29, 1.82) is 0 Å². The summed E-state index contributed by atoms with van der Waals surface area (Å²) in [5.41, 5.74) is 17.9. The number of piperidine rings is 2. The van der Waals surface area contributed by atoms with E-state index in [2.05, 4.69) is 15.3 Å². The van der Waals surface area contributed by atoms with E-state index < -0.39 is 17.8 Å². The minimum Gasteiger partial charge on any atom is -0.478 e. The van der Waals surface area contributed by atoms with Crippen molar-refractivity contribution in [2.24, 2.45) is 0 Å². The number of likely N-dealkylation sites (tertiary alicyclic amines) is 1. The van der Waals surface area contributed by atoms with Crippen LogP contribution in [0.4, 0.5) is 29.2 Å². The number of carboxylic acids is 1. The first-order chi connectivity index (χ1) is 37.8. The summed E-state index contributed by atoms with van der Waals surface area (Å²) in [7, 11) is 0. The Bertz CT molecular complexity index is 3520. The molecule has 0 unspecified atom stereocenters. The smallest absolute Gasteiger partial charge is 0.335 e. The number of nitrogens with two attached hydrogens (primary N) is 2. The van der Waals surface area contributed by atoms with Crippen molar-refractivity contribution in [3.8, 4) is 22.3 Å². The van der Waals surface area contributed by atoms with Crippen LogP contribution in [0.25, 0.3) is 56.3 Å². The number of nitrogens with zero attached hydrogens (tertiary/aromatic N) is 3. The Morgan fingerprint density at radius 3 is 1.41 bits per heavy atom. The number of benzene rings is 4. The molecule has 4 aromatic heterocycles. The third kappa shape index (κ3) is 17.6. The summed E-state index contributed by atoms with van der Waals surface area (Å²) in [4.78, 5) is 57.8. The number of aromatic carboxylic acids is 1. The number of carbonyl (C=O) groups excluding carboxylic acids is 3. The Kier molecular flexibility index (Phi) is 21.6. The van der Waals surface area contributed by atoms with Gasteiger partial charge in [-0.15, -0.1) is 12.4 Å². The number of pyridine rings is 2. The second-order valence-corrected chi connectivity index (χ2v) is 19.8. The Labute approximate surface area is 481 Å². The fourth-order valence-electron chi connectivity index (χ4n) is 8.60. The molecule has 4 aromatic carbocycles. The number of carbonyl (C=O) groups is 4. The minimum atomic E-state index is -2.70. The zero-order chi connectivity index (χ0) is 56.3. The van der Waals surface area contributed by atoms with Crippen molar-refractivity contribution >= 4 is 105 Å². The highest BCUT2D eigenvalue weighted by molar-refractivity contribution is 6.35. The lowest BCUT2D eigenvalue weighted by Gasteiger charge is -2.31. The molecule has 10 rings (SSSR count). The molecule has 2 saturated heterocycles. The summed E-state index contributed by atoms with van der Waals surface area (Å²) in [6.07, 6.45) is 10.4. The molecule has 424 valence electrons. The summed E-state index contributed by atoms with van der Waals surface area (Å²) in [5, 5.41) is 14.4. The number of ketones is 2. The fourth-order valence-corrected chi connectivity index (χ4v) is 9.13. The average molecular weight is 1170 g/mol. The number of furan rings is 2. The van der Waals surface area contributed by atoms with Gasteiger partial charge in [0.05, 0.1) is 15.6 Å². The quantitative estimate of drug-likeness (QED) is 0.0592. The second kappa shape index (κ2) is 28.0. The number of hydrogen-bond donors (Lipinski definition) is 4. The number of carboxylic acid groups (broad SMARTS) is 1. The number of nitrogens with one attached hydrogen (secondary N) is 1. The maximum atomic E-state index is 13.4. The van der Waals surface area contributed by atoms with Crippen molar-refractivity contribution in [2.75, 3.05) is 37.6 Å². The lowest BCUT2D eigenvalue weighted by Crippen LogP contribution is -2.42. The molecule has 0 atom stereocenters. The van der Waals surface area contributed by atoms with Gasteiger partial charge in [-0.3, -0.25) is 14.4 Å². The number of nitrogen functional groups attached to an aromatic ring is 2. The summed E-state index contributed by atoms with van der Waals surface area (Å²) in [6, 6.07) is 31.7. The van der Waals surface area contributed by atoms with Crippen LogP contribution in [-0.2, 0) is 22.4 Å². The monoisotopic (exact) mass is 1170 g/mol. The van der Waals surface area contributed by atoms with Gasteiger partial charge in [0.15, 0.2) is 22.7 Å². The molecule has 0 saturated carbocycles. The molecule has 2 aliphatic heterocycles. The molecule has 20 heteroatoms. The van der Waals surface area contributed by atoms with Gasteiger partial charge in [0.25, 0.3) is 17.8 Å². The van der Waals surface area contributed by atoms with Crippen LogP contribution in [-0.4, -0.2) is 81.4 Å². The van der Waals surface area contributed by atoms with Gasteiger partial charge in [-0.2, -0.15) is 0 Å². The van der Waals surface area contributed by atoms with Crippen LogP contribution in [0.5, 0.6) is 0 Å². The van der Waals surface area contributed by atoms with Gasteiger partial charge < -0.3 is 35.6 Å². The number of alkyl halides is 4. The lowest BCUT2D eigenvalue weighted by atomic mass is 10.0. The molecule has 13 nitrogen and oxygen atoms in total. The largest absolute Gasteiger partial charge is 0.478 e. The Balaban J connectivity index is 0.000000227. The number of allylic oxidation sites excluding steroid dienone is 2. The van der Waals surface area contributed by atoms with E-state index >= 15 is 0 Å². The van der Waals surface area contributed by atoms with Crippen LogP contribution in [0.2, 0.25) is 10.0 Å². The second-order valence-electron chi connectivity index (χ2n) is 19.0. The molecule has 81 heavy (non-hydrogen) atoms. The molecule has 2 aliphatic rings. The summed E-state index contributed by atoms with van der Waals surface area (Å²) in [6.45, 7) is 1.02. The first-order valence-electron chi connectivity index (χ1n) is 25.2. The Morgan fingerprint density at radius 2 is 1.02 bits per heavy atom. The first-order valence-corrected chi connectivity index (χ1v) is 26.0. The topological polar surface area (TPSA) is 208 Å². The highest BCUT2D eigenvalue weighted by atomic mass is 35.5. The first kappa shape index (κ1) is 62.4. The van der Waals surface area contributed by atoms with Crippen LogP contribution in [0.3, 0.4) is 0 Å². The van der Waals surface area contributed by atoms with Gasteiger partial charge in [-0.1, -0.05) is 54.9 Å². The van der Waals surface area contributed by atoms with Crippen LogP contribution in [0, 0.1) is 0 Å². The summed E-state index contributed by atoms with van der Waals surface area (Å²) in [5.74, 6) is -4.24. The standard InChI is InChI=1S/C30H26ClF2N3O3.C25H19ClN2O4.C5H9F2N.CH4.ClH/c31-26-17-22(20-3-5-21(6-4-20)29(38)36-13-11-30(32,33)12-14-36)15-23-16-25(39-28(23)26)9-8-24(37)7-1-19-2-10-27(34)35-18-19;26-22-13-18(16-3-5-17(6-4-16)25(30)31)11-19-12-21(32-24(19)22)9-8-20(29)7-1-15-2-10-23(27)28-14-15;6-5(7)1-3-8-4-2-5;;/h1-7,10,15-18H,8-9,11-14H2,(H2,34,35);1-7,10-14H,8-9H2,(H2,27,28)(H,30,31);8H,1-4H2;1H4;1H/b2*7-1+;;;. The normalized spacial score (nSPS) is 14.5. The van der Waals surface area contributed by atoms with Crippen molar-refractivity contribution in [3.63, 3.8) is 0 Å². The van der Waals surface area contributed by atoms with E-state index in [9.17, 15) is 36.7 Å². The van der Waals surface area contributed by atoms with Gasteiger partial charge in [-0.05, 0) is 143 Å². The van der Waals surface area contributed by atoms with Crippen molar-refractivity contribution in [2.45, 2.75) is 70.6 Å². The van der Waals surface area contributed by atoms with Crippen LogP contribution >= 0.6 is 35.6 Å². The predicted molar refractivity (Wildman–Crippen MR) is 313 cm³/mol. The number of anilines is 2. The van der Waals surface area contributed by atoms with Crippen molar-refractivity contribution in [3.05, 3.63) is 178 Å². The predicted octanol–water partition coefficient (Wildman–Crippen LogP) is 14.5. The average Bonchev–Trinajstić information content (AvgIpc) is 4.12. The van der Waals surface area contributed by atoms with E-state index in [4.69, 9.17) is 48.6 Å². The molecule has 0 spiro atoms. The summed E-state index contributed by atoms with van der Waals surface area (Å²) >= 11 is 12.9. The van der Waals surface area contributed by atoms with E-state index in [1.165, 1.54) is 17.1 Å². The van der Waals surface area contributed by atoms with E-state index in [-0.39, 0.29) is 88.1 Å². The number of halogens is 7. The number of fused-ring (bicyclic) bond motifs is 2. The maximum absolute atomic E-state index is 13.4.